The summed E-state index contributed by atoms with van der Waals surface area (Å²) in [6.07, 6.45) is -1.14. The molecule has 4 aromatic rings. The number of nitro benzene ring substituents is 1. The minimum atomic E-state index is -1.14. The number of para-hydroxylation sites is 2. The van der Waals surface area contributed by atoms with Gasteiger partial charge < -0.3 is 4.42 Å². The molecule has 3 atom stereocenters. The molecule has 184 valence electrons. The molecule has 0 saturated carbocycles. The molecule has 2 saturated heterocycles. The molecule has 37 heavy (non-hydrogen) atoms. The van der Waals surface area contributed by atoms with E-state index in [0.717, 1.165) is 4.90 Å². The summed E-state index contributed by atoms with van der Waals surface area (Å²) in [7, 11) is 0. The molecule has 0 N–H and O–H groups in total. The summed E-state index contributed by atoms with van der Waals surface area (Å²) in [5, 5.41) is 13.0. The highest BCUT2D eigenvalue weighted by atomic mass is 19.1. The number of nitrogens with zero attached hydrogens (tertiary/aromatic N) is 3. The monoisotopic (exact) mass is 499 g/mol. The van der Waals surface area contributed by atoms with Gasteiger partial charge in [-0.2, -0.15) is 0 Å². The first kappa shape index (κ1) is 22.6. The van der Waals surface area contributed by atoms with Crippen molar-refractivity contribution in [1.29, 1.82) is 0 Å². The third-order valence-electron chi connectivity index (χ3n) is 6.50. The summed E-state index contributed by atoms with van der Waals surface area (Å²) < 4.78 is 19.6. The molecule has 2 aliphatic heterocycles. The zero-order chi connectivity index (χ0) is 25.7. The summed E-state index contributed by atoms with van der Waals surface area (Å²) in [5.74, 6) is -2.02. The first-order valence-corrected chi connectivity index (χ1v) is 11.4. The van der Waals surface area contributed by atoms with Gasteiger partial charge in [0.2, 0.25) is 5.91 Å². The summed E-state index contributed by atoms with van der Waals surface area (Å²) in [5.41, 5.74) is 0.986. The van der Waals surface area contributed by atoms with Gasteiger partial charge in [-0.1, -0.05) is 30.3 Å². The van der Waals surface area contributed by atoms with Gasteiger partial charge in [0.1, 0.15) is 29.3 Å². The summed E-state index contributed by atoms with van der Waals surface area (Å²) in [4.78, 5) is 45.1. The molecule has 0 radical (unpaired) electrons. The Morgan fingerprint density at radius 2 is 1.51 bits per heavy atom. The standard InChI is InChI=1S/C27H18FN3O6/c28-16-10-12-17(13-11-16)29-26(32)23-24(30(37-25(23)27(29)33)18-6-2-1-3-7-18)22-15-14-21(36-22)19-8-4-5-9-20(19)31(34)35/h1-15,23-25H/t23-,24+,25-/m0/s1. The van der Waals surface area contributed by atoms with Crippen LogP contribution in [0.5, 0.6) is 0 Å². The average molecular weight is 499 g/mol. The number of amides is 2. The Balaban J connectivity index is 1.43. The zero-order valence-corrected chi connectivity index (χ0v) is 19.1. The number of halogens is 1. The van der Waals surface area contributed by atoms with Crippen LogP contribution in [0.3, 0.4) is 0 Å². The molecule has 9 nitrogen and oxygen atoms in total. The van der Waals surface area contributed by atoms with Crippen LogP contribution in [-0.4, -0.2) is 22.8 Å². The maximum atomic E-state index is 13.6. The molecule has 3 heterocycles. The first-order valence-electron chi connectivity index (χ1n) is 11.4. The van der Waals surface area contributed by atoms with Gasteiger partial charge in [0.25, 0.3) is 11.6 Å². The molecule has 2 amide bonds. The van der Waals surface area contributed by atoms with Crippen molar-refractivity contribution >= 4 is 28.9 Å². The van der Waals surface area contributed by atoms with Crippen molar-refractivity contribution in [2.75, 3.05) is 9.96 Å². The van der Waals surface area contributed by atoms with Crippen LogP contribution in [0.15, 0.2) is 95.4 Å². The van der Waals surface area contributed by atoms with Crippen LogP contribution in [0.25, 0.3) is 11.3 Å². The minimum Gasteiger partial charge on any atom is -0.458 e. The summed E-state index contributed by atoms with van der Waals surface area (Å²) >= 11 is 0. The van der Waals surface area contributed by atoms with E-state index in [-0.39, 0.29) is 22.7 Å². The number of fused-ring (bicyclic) bond motifs is 1. The van der Waals surface area contributed by atoms with Crippen LogP contribution in [0.4, 0.5) is 21.5 Å². The Bertz CT molecular complexity index is 1520. The van der Waals surface area contributed by atoms with Gasteiger partial charge in [-0.05, 0) is 54.6 Å². The van der Waals surface area contributed by atoms with Crippen molar-refractivity contribution < 1.29 is 28.2 Å². The molecular weight excluding hydrogens is 481 g/mol. The van der Waals surface area contributed by atoms with E-state index in [0.29, 0.717) is 11.4 Å². The van der Waals surface area contributed by atoms with Crippen molar-refractivity contribution in [1.82, 2.24) is 0 Å². The molecule has 2 fully saturated rings. The minimum absolute atomic E-state index is 0.126. The second kappa shape index (κ2) is 8.68. The molecule has 2 aliphatic rings. The smallest absolute Gasteiger partial charge is 0.280 e. The molecule has 3 aromatic carbocycles. The van der Waals surface area contributed by atoms with E-state index < -0.39 is 40.6 Å². The number of rotatable bonds is 5. The highest BCUT2D eigenvalue weighted by Gasteiger charge is 2.61. The Morgan fingerprint density at radius 1 is 0.811 bits per heavy atom. The molecule has 0 bridgehead atoms. The van der Waals surface area contributed by atoms with Crippen LogP contribution >= 0.6 is 0 Å². The third-order valence-corrected chi connectivity index (χ3v) is 6.50. The SMILES string of the molecule is O=C1[C@@H]2[C@H](ON(c3ccccc3)[C@@H]2c2ccc(-c3ccccc3[N+](=O)[O-])o2)C(=O)N1c1ccc(F)cc1. The highest BCUT2D eigenvalue weighted by molar-refractivity contribution is 6.23. The highest BCUT2D eigenvalue weighted by Crippen LogP contribution is 2.48. The lowest BCUT2D eigenvalue weighted by molar-refractivity contribution is -0.384. The summed E-state index contributed by atoms with van der Waals surface area (Å²) in [6, 6.07) is 22.5. The summed E-state index contributed by atoms with van der Waals surface area (Å²) in [6.45, 7) is 0. The first-order chi connectivity index (χ1) is 17.9. The largest absolute Gasteiger partial charge is 0.458 e. The lowest BCUT2D eigenvalue weighted by Gasteiger charge is -2.27. The van der Waals surface area contributed by atoms with Crippen LogP contribution in [0.1, 0.15) is 11.8 Å². The topological polar surface area (TPSA) is 106 Å². The second-order valence-electron chi connectivity index (χ2n) is 8.62. The lowest BCUT2D eigenvalue weighted by atomic mass is 9.94. The molecule has 10 heteroatoms. The zero-order valence-electron chi connectivity index (χ0n) is 19.1. The van der Waals surface area contributed by atoms with Crippen molar-refractivity contribution in [2.45, 2.75) is 12.1 Å². The van der Waals surface area contributed by atoms with E-state index in [2.05, 4.69) is 0 Å². The predicted molar refractivity (Wildman–Crippen MR) is 130 cm³/mol. The van der Waals surface area contributed by atoms with Gasteiger partial charge in [-0.25, -0.2) is 14.4 Å². The van der Waals surface area contributed by atoms with Crippen LogP contribution < -0.4 is 9.96 Å². The molecule has 0 aliphatic carbocycles. The third kappa shape index (κ3) is 3.66. The van der Waals surface area contributed by atoms with Crippen molar-refractivity contribution in [2.24, 2.45) is 5.92 Å². The molecule has 0 spiro atoms. The van der Waals surface area contributed by atoms with Crippen molar-refractivity contribution in [3.05, 3.63) is 113 Å². The van der Waals surface area contributed by atoms with E-state index in [1.54, 1.807) is 54.6 Å². The quantitative estimate of drug-likeness (QED) is 0.215. The number of carbonyl (C=O) groups is 2. The number of hydrogen-bond acceptors (Lipinski definition) is 7. The van der Waals surface area contributed by atoms with Crippen LogP contribution in [0.2, 0.25) is 0 Å². The normalized spacial score (nSPS) is 20.9. The Morgan fingerprint density at radius 3 is 2.24 bits per heavy atom. The van der Waals surface area contributed by atoms with E-state index in [1.165, 1.54) is 35.4 Å². The number of anilines is 2. The Labute approximate surface area is 209 Å². The van der Waals surface area contributed by atoms with Crippen LogP contribution in [0, 0.1) is 21.8 Å². The number of carbonyl (C=O) groups excluding carboxylic acids is 2. The number of furan rings is 1. The molecule has 6 rings (SSSR count). The van der Waals surface area contributed by atoms with E-state index in [1.807, 2.05) is 6.07 Å². The fraction of sp³-hybridized carbons (Fsp3) is 0.111. The number of hydrogen-bond donors (Lipinski definition) is 0. The van der Waals surface area contributed by atoms with Crippen LogP contribution in [-0.2, 0) is 14.4 Å². The molecule has 1 aromatic heterocycles. The Kier molecular flexibility index (Phi) is 5.31. The fourth-order valence-electron chi connectivity index (χ4n) is 4.84. The van der Waals surface area contributed by atoms with Gasteiger partial charge in [0.15, 0.2) is 6.10 Å². The van der Waals surface area contributed by atoms with Crippen molar-refractivity contribution in [3.8, 4) is 11.3 Å². The maximum absolute atomic E-state index is 13.6. The van der Waals surface area contributed by atoms with Gasteiger partial charge >= 0.3 is 0 Å². The van der Waals surface area contributed by atoms with E-state index in [9.17, 15) is 24.1 Å². The molecular formula is C27H18FN3O6. The van der Waals surface area contributed by atoms with Gasteiger partial charge in [-0.15, -0.1) is 0 Å². The predicted octanol–water partition coefficient (Wildman–Crippen LogP) is 5.05. The number of hydroxylamine groups is 1. The number of benzene rings is 3. The van der Waals surface area contributed by atoms with Gasteiger partial charge in [0, 0.05) is 6.07 Å². The number of nitro groups is 1. The van der Waals surface area contributed by atoms with Gasteiger partial charge in [0.05, 0.1) is 21.9 Å². The van der Waals surface area contributed by atoms with E-state index in [4.69, 9.17) is 9.25 Å². The maximum Gasteiger partial charge on any atom is 0.280 e. The van der Waals surface area contributed by atoms with E-state index >= 15 is 0 Å². The number of imide groups is 1. The Hall–Kier alpha value is -4.83. The van der Waals surface area contributed by atoms with Gasteiger partial charge in [-0.3, -0.25) is 24.5 Å². The average Bonchev–Trinajstić information content (AvgIpc) is 3.60. The lowest BCUT2D eigenvalue weighted by Crippen LogP contribution is -2.37. The fourth-order valence-corrected chi connectivity index (χ4v) is 4.84. The second-order valence-corrected chi connectivity index (χ2v) is 8.62. The molecule has 0 unspecified atom stereocenters. The van der Waals surface area contributed by atoms with Crippen molar-refractivity contribution in [3.63, 3.8) is 0 Å².